The number of fused-ring (bicyclic) bond motifs is 4. The van der Waals surface area contributed by atoms with E-state index in [1.807, 2.05) is 42.5 Å². The van der Waals surface area contributed by atoms with Crippen molar-refractivity contribution in [2.75, 3.05) is 11.9 Å². The van der Waals surface area contributed by atoms with Gasteiger partial charge in [-0.1, -0.05) is 18.2 Å². The topological polar surface area (TPSA) is 66.9 Å². The minimum Gasteiger partial charge on any atom is -0.334 e. The highest BCUT2D eigenvalue weighted by atomic mass is 32.1. The Morgan fingerprint density at radius 3 is 2.75 bits per heavy atom. The summed E-state index contributed by atoms with van der Waals surface area (Å²) in [6.45, 7) is 4.00. The van der Waals surface area contributed by atoms with Gasteiger partial charge in [0, 0.05) is 22.3 Å². The molecular weight excluding hydrogens is 320 g/mol. The van der Waals surface area contributed by atoms with Gasteiger partial charge in [-0.05, 0) is 30.3 Å². The molecule has 2 heterocycles. The number of nitrogens with zero attached hydrogens (tertiary/aromatic N) is 2. The Bertz CT molecular complexity index is 1090. The molecule has 118 valence electrons. The number of hydrogen-bond donors (Lipinski definition) is 2. The van der Waals surface area contributed by atoms with Crippen molar-refractivity contribution < 1.29 is 4.79 Å². The van der Waals surface area contributed by atoms with E-state index in [9.17, 15) is 4.79 Å². The van der Waals surface area contributed by atoms with E-state index in [0.29, 0.717) is 6.54 Å². The number of rotatable bonds is 3. The largest absolute Gasteiger partial charge is 0.334 e. The number of urea groups is 1. The highest BCUT2D eigenvalue weighted by Gasteiger charge is 2.11. The molecule has 24 heavy (non-hydrogen) atoms. The third-order valence-electron chi connectivity index (χ3n) is 3.64. The van der Waals surface area contributed by atoms with Crippen molar-refractivity contribution in [1.29, 1.82) is 0 Å². The lowest BCUT2D eigenvalue weighted by molar-refractivity contribution is 0.253. The minimum atomic E-state index is -0.259. The molecule has 2 amide bonds. The summed E-state index contributed by atoms with van der Waals surface area (Å²) in [6.07, 6.45) is 1.63. The Balaban J connectivity index is 1.80. The van der Waals surface area contributed by atoms with Gasteiger partial charge in [0.15, 0.2) is 0 Å². The third kappa shape index (κ3) is 2.57. The molecule has 2 N–H and O–H groups in total. The quantitative estimate of drug-likeness (QED) is 0.549. The van der Waals surface area contributed by atoms with Crippen LogP contribution in [0.25, 0.3) is 31.5 Å². The second-order valence-electron chi connectivity index (χ2n) is 5.30. The van der Waals surface area contributed by atoms with E-state index in [2.05, 4.69) is 17.2 Å². The van der Waals surface area contributed by atoms with Gasteiger partial charge < -0.3 is 10.6 Å². The molecule has 0 fully saturated rings. The van der Waals surface area contributed by atoms with Crippen LogP contribution in [0.2, 0.25) is 0 Å². The Kier molecular flexibility index (Phi) is 3.59. The van der Waals surface area contributed by atoms with Crippen molar-refractivity contribution in [2.45, 2.75) is 0 Å². The standard InChI is InChI=1S/C18H14N4OS/c1-2-9-19-18(23)20-11-7-8-15-12(10-11)16-17(24-15)22-14-6-4-3-5-13(14)21-16/h2-8,10H,1,9H2,(H2,19,20,23). The monoisotopic (exact) mass is 334 g/mol. The first-order chi connectivity index (χ1) is 11.7. The lowest BCUT2D eigenvalue weighted by Crippen LogP contribution is -2.28. The smallest absolute Gasteiger partial charge is 0.319 e. The maximum Gasteiger partial charge on any atom is 0.319 e. The Hall–Kier alpha value is -2.99. The zero-order valence-corrected chi connectivity index (χ0v) is 13.6. The highest BCUT2D eigenvalue weighted by Crippen LogP contribution is 2.34. The molecule has 2 aromatic carbocycles. The summed E-state index contributed by atoms with van der Waals surface area (Å²) in [7, 11) is 0. The molecule has 0 unspecified atom stereocenters. The molecule has 6 heteroatoms. The molecule has 0 saturated carbocycles. The predicted octanol–water partition coefficient (Wildman–Crippen LogP) is 4.31. The lowest BCUT2D eigenvalue weighted by atomic mass is 10.2. The van der Waals surface area contributed by atoms with Crippen LogP contribution >= 0.6 is 11.3 Å². The zero-order chi connectivity index (χ0) is 16.5. The molecule has 4 aromatic rings. The number of carbonyl (C=O) groups is 1. The van der Waals surface area contributed by atoms with Gasteiger partial charge in [-0.15, -0.1) is 17.9 Å². The average molecular weight is 334 g/mol. The van der Waals surface area contributed by atoms with E-state index in [4.69, 9.17) is 9.97 Å². The predicted molar refractivity (Wildman–Crippen MR) is 99.6 cm³/mol. The first-order valence-electron chi connectivity index (χ1n) is 7.49. The molecule has 0 spiro atoms. The van der Waals surface area contributed by atoms with E-state index in [-0.39, 0.29) is 6.03 Å². The van der Waals surface area contributed by atoms with E-state index in [0.717, 1.165) is 37.2 Å². The Morgan fingerprint density at radius 1 is 1.17 bits per heavy atom. The molecule has 0 aliphatic carbocycles. The number of aromatic nitrogens is 2. The van der Waals surface area contributed by atoms with Crippen LogP contribution in [0.3, 0.4) is 0 Å². The van der Waals surface area contributed by atoms with Crippen LogP contribution in [0.15, 0.2) is 55.1 Å². The van der Waals surface area contributed by atoms with Gasteiger partial charge in [-0.25, -0.2) is 14.8 Å². The van der Waals surface area contributed by atoms with E-state index >= 15 is 0 Å². The number of para-hydroxylation sites is 2. The average Bonchev–Trinajstić information content (AvgIpc) is 2.95. The first kappa shape index (κ1) is 14.6. The highest BCUT2D eigenvalue weighted by molar-refractivity contribution is 7.25. The van der Waals surface area contributed by atoms with Gasteiger partial charge in [0.2, 0.25) is 0 Å². The molecular formula is C18H14N4OS. The fourth-order valence-electron chi connectivity index (χ4n) is 2.56. The molecule has 0 saturated heterocycles. The number of benzene rings is 2. The van der Waals surface area contributed by atoms with Crippen molar-refractivity contribution in [3.63, 3.8) is 0 Å². The fraction of sp³-hybridized carbons (Fsp3) is 0.0556. The van der Waals surface area contributed by atoms with Gasteiger partial charge in [0.05, 0.1) is 11.0 Å². The number of anilines is 1. The van der Waals surface area contributed by atoms with Crippen LogP contribution in [0, 0.1) is 0 Å². The van der Waals surface area contributed by atoms with E-state index in [1.54, 1.807) is 17.4 Å². The fourth-order valence-corrected chi connectivity index (χ4v) is 3.56. The van der Waals surface area contributed by atoms with Crippen LogP contribution < -0.4 is 10.6 Å². The van der Waals surface area contributed by atoms with Gasteiger partial charge in [0.1, 0.15) is 10.3 Å². The SMILES string of the molecule is C=CCNC(=O)Nc1ccc2sc3nc4ccccc4nc3c2c1. The summed E-state index contributed by atoms with van der Waals surface area (Å²) in [6, 6.07) is 13.4. The molecule has 4 rings (SSSR count). The second kappa shape index (κ2) is 5.90. The van der Waals surface area contributed by atoms with Gasteiger partial charge in [-0.2, -0.15) is 0 Å². The summed E-state index contributed by atoms with van der Waals surface area (Å²) in [5.74, 6) is 0. The molecule has 0 aliphatic rings. The van der Waals surface area contributed by atoms with Crippen molar-refractivity contribution >= 4 is 54.5 Å². The van der Waals surface area contributed by atoms with Crippen LogP contribution in [0.5, 0.6) is 0 Å². The number of hydrogen-bond acceptors (Lipinski definition) is 4. The van der Waals surface area contributed by atoms with E-state index < -0.39 is 0 Å². The number of thiophene rings is 1. The van der Waals surface area contributed by atoms with E-state index in [1.165, 1.54) is 0 Å². The van der Waals surface area contributed by atoms with Gasteiger partial charge >= 0.3 is 6.03 Å². The van der Waals surface area contributed by atoms with Crippen LogP contribution in [-0.4, -0.2) is 22.5 Å². The van der Waals surface area contributed by atoms with Crippen LogP contribution in [0.1, 0.15) is 0 Å². The van der Waals surface area contributed by atoms with Crippen molar-refractivity contribution in [1.82, 2.24) is 15.3 Å². The summed E-state index contributed by atoms with van der Waals surface area (Å²) >= 11 is 1.60. The van der Waals surface area contributed by atoms with Crippen molar-refractivity contribution in [2.24, 2.45) is 0 Å². The van der Waals surface area contributed by atoms with Gasteiger partial charge in [0.25, 0.3) is 0 Å². The molecule has 5 nitrogen and oxygen atoms in total. The molecule has 0 bridgehead atoms. The lowest BCUT2D eigenvalue weighted by Gasteiger charge is -2.05. The normalized spacial score (nSPS) is 11.0. The maximum atomic E-state index is 11.8. The number of carbonyl (C=O) groups excluding carboxylic acids is 1. The third-order valence-corrected chi connectivity index (χ3v) is 4.70. The summed E-state index contributed by atoms with van der Waals surface area (Å²) in [4.78, 5) is 22.1. The Morgan fingerprint density at radius 2 is 1.96 bits per heavy atom. The second-order valence-corrected chi connectivity index (χ2v) is 6.33. The molecule has 0 aliphatic heterocycles. The maximum absolute atomic E-state index is 11.8. The van der Waals surface area contributed by atoms with Gasteiger partial charge in [-0.3, -0.25) is 0 Å². The zero-order valence-electron chi connectivity index (χ0n) is 12.7. The van der Waals surface area contributed by atoms with Crippen molar-refractivity contribution in [3.05, 3.63) is 55.1 Å². The molecule has 0 atom stereocenters. The first-order valence-corrected chi connectivity index (χ1v) is 8.31. The van der Waals surface area contributed by atoms with Crippen LogP contribution in [-0.2, 0) is 0 Å². The van der Waals surface area contributed by atoms with Crippen LogP contribution in [0.4, 0.5) is 10.5 Å². The summed E-state index contributed by atoms with van der Waals surface area (Å²) in [5.41, 5.74) is 3.34. The minimum absolute atomic E-state index is 0.259. The number of nitrogens with one attached hydrogen (secondary N) is 2. The summed E-state index contributed by atoms with van der Waals surface area (Å²) in [5, 5.41) is 6.50. The Labute approximate surface area is 142 Å². The summed E-state index contributed by atoms with van der Waals surface area (Å²) < 4.78 is 1.09. The molecule has 0 radical (unpaired) electrons. The van der Waals surface area contributed by atoms with Crippen molar-refractivity contribution in [3.8, 4) is 0 Å². The number of amides is 2. The molecule has 2 aromatic heterocycles.